The molecule has 1 saturated heterocycles. The van der Waals surface area contributed by atoms with Gasteiger partial charge in [-0.1, -0.05) is 0 Å². The molecule has 1 fully saturated rings. The third-order valence-electron chi connectivity index (χ3n) is 3.53. The Kier molecular flexibility index (Phi) is 3.73. The first-order valence-electron chi connectivity index (χ1n) is 6.24. The number of carbonyl (C=O) groups is 2. The molecule has 8 nitrogen and oxygen atoms in total. The Labute approximate surface area is 114 Å². The van der Waals surface area contributed by atoms with Crippen LogP contribution in [0.2, 0.25) is 0 Å². The van der Waals surface area contributed by atoms with Crippen LogP contribution in [-0.4, -0.2) is 34.2 Å². The number of furan rings is 1. The molecule has 108 valence electrons. The zero-order chi connectivity index (χ0) is 14.9. The lowest BCUT2D eigenvalue weighted by Gasteiger charge is -2.36. The molecule has 1 aromatic heterocycles. The SMILES string of the molecule is C[C@@H]1CC[C@H](C(N)=O)CN1C(=O)c1ccc([N+](=O)[O-])o1. The van der Waals surface area contributed by atoms with Crippen LogP contribution >= 0.6 is 0 Å². The van der Waals surface area contributed by atoms with Crippen LogP contribution in [0.5, 0.6) is 0 Å². The van der Waals surface area contributed by atoms with Gasteiger partial charge in [-0.05, 0) is 25.8 Å². The molecule has 2 amide bonds. The van der Waals surface area contributed by atoms with Gasteiger partial charge in [0, 0.05) is 12.6 Å². The lowest BCUT2D eigenvalue weighted by molar-refractivity contribution is -0.402. The lowest BCUT2D eigenvalue weighted by atomic mass is 9.93. The first kappa shape index (κ1) is 14.0. The molecule has 2 atom stereocenters. The smallest absolute Gasteiger partial charge is 0.395 e. The van der Waals surface area contributed by atoms with Crippen LogP contribution in [0.15, 0.2) is 16.5 Å². The molecule has 2 N–H and O–H groups in total. The third-order valence-corrected chi connectivity index (χ3v) is 3.53. The summed E-state index contributed by atoms with van der Waals surface area (Å²) in [6.07, 6.45) is 1.29. The summed E-state index contributed by atoms with van der Waals surface area (Å²) >= 11 is 0. The van der Waals surface area contributed by atoms with Crippen molar-refractivity contribution >= 4 is 17.7 Å². The van der Waals surface area contributed by atoms with Crippen LogP contribution in [0, 0.1) is 16.0 Å². The van der Waals surface area contributed by atoms with Gasteiger partial charge in [-0.25, -0.2) is 0 Å². The fraction of sp³-hybridized carbons (Fsp3) is 0.500. The average Bonchev–Trinajstić information content (AvgIpc) is 2.88. The van der Waals surface area contributed by atoms with E-state index in [0.717, 1.165) is 6.07 Å². The molecule has 1 aliphatic heterocycles. The van der Waals surface area contributed by atoms with Crippen molar-refractivity contribution < 1.29 is 18.9 Å². The first-order valence-corrected chi connectivity index (χ1v) is 6.24. The number of nitrogens with two attached hydrogens (primary N) is 1. The van der Waals surface area contributed by atoms with Crippen molar-refractivity contribution in [2.24, 2.45) is 11.7 Å². The quantitative estimate of drug-likeness (QED) is 0.652. The maximum absolute atomic E-state index is 12.3. The van der Waals surface area contributed by atoms with Crippen LogP contribution < -0.4 is 5.73 Å². The summed E-state index contributed by atoms with van der Waals surface area (Å²) in [5.74, 6) is -1.88. The number of primary amides is 1. The summed E-state index contributed by atoms with van der Waals surface area (Å²) < 4.78 is 4.90. The minimum Gasteiger partial charge on any atom is -0.395 e. The summed E-state index contributed by atoms with van der Waals surface area (Å²) in [7, 11) is 0. The summed E-state index contributed by atoms with van der Waals surface area (Å²) in [5, 5.41) is 10.5. The number of hydrogen-bond acceptors (Lipinski definition) is 5. The maximum Gasteiger partial charge on any atom is 0.433 e. The van der Waals surface area contributed by atoms with Crippen molar-refractivity contribution in [2.75, 3.05) is 6.54 Å². The molecular formula is C12H15N3O5. The molecule has 0 spiro atoms. The molecule has 0 radical (unpaired) electrons. The number of amides is 2. The number of piperidine rings is 1. The molecule has 0 saturated carbocycles. The Morgan fingerprint density at radius 2 is 2.15 bits per heavy atom. The fourth-order valence-electron chi connectivity index (χ4n) is 2.30. The number of nitrogens with zero attached hydrogens (tertiary/aromatic N) is 2. The van der Waals surface area contributed by atoms with Gasteiger partial charge in [0.05, 0.1) is 12.0 Å². The van der Waals surface area contributed by atoms with E-state index in [1.165, 1.54) is 11.0 Å². The van der Waals surface area contributed by atoms with E-state index in [0.29, 0.717) is 12.8 Å². The Balaban J connectivity index is 2.17. The molecule has 1 aromatic rings. The molecular weight excluding hydrogens is 266 g/mol. The second-order valence-corrected chi connectivity index (χ2v) is 4.88. The number of likely N-dealkylation sites (tertiary alicyclic amines) is 1. The Bertz CT molecular complexity index is 553. The molecule has 0 aromatic carbocycles. The zero-order valence-electron chi connectivity index (χ0n) is 10.9. The topological polar surface area (TPSA) is 120 Å². The van der Waals surface area contributed by atoms with Crippen molar-refractivity contribution in [1.29, 1.82) is 0 Å². The fourth-order valence-corrected chi connectivity index (χ4v) is 2.30. The van der Waals surface area contributed by atoms with Crippen LogP contribution in [0.1, 0.15) is 30.3 Å². The van der Waals surface area contributed by atoms with Gasteiger partial charge < -0.3 is 15.1 Å². The second kappa shape index (κ2) is 5.32. The second-order valence-electron chi connectivity index (χ2n) is 4.88. The molecule has 8 heteroatoms. The van der Waals surface area contributed by atoms with E-state index in [9.17, 15) is 19.7 Å². The highest BCUT2D eigenvalue weighted by Crippen LogP contribution is 2.25. The van der Waals surface area contributed by atoms with Crippen LogP contribution in [0.3, 0.4) is 0 Å². The van der Waals surface area contributed by atoms with Crippen molar-refractivity contribution in [2.45, 2.75) is 25.8 Å². The highest BCUT2D eigenvalue weighted by molar-refractivity contribution is 5.92. The number of nitro groups is 1. The van der Waals surface area contributed by atoms with Crippen molar-refractivity contribution in [3.05, 3.63) is 28.0 Å². The van der Waals surface area contributed by atoms with E-state index in [1.54, 1.807) is 0 Å². The summed E-state index contributed by atoms with van der Waals surface area (Å²) in [5.41, 5.74) is 5.27. The maximum atomic E-state index is 12.3. The lowest BCUT2D eigenvalue weighted by Crippen LogP contribution is -2.48. The van der Waals surface area contributed by atoms with E-state index in [2.05, 4.69) is 0 Å². The van der Waals surface area contributed by atoms with E-state index in [4.69, 9.17) is 10.2 Å². The minimum atomic E-state index is -0.706. The van der Waals surface area contributed by atoms with Crippen molar-refractivity contribution in [3.8, 4) is 0 Å². The van der Waals surface area contributed by atoms with Gasteiger partial charge in [-0.15, -0.1) is 0 Å². The zero-order valence-corrected chi connectivity index (χ0v) is 10.9. The van der Waals surface area contributed by atoms with E-state index in [-0.39, 0.29) is 24.3 Å². The first-order chi connectivity index (χ1) is 9.40. The van der Waals surface area contributed by atoms with Gasteiger partial charge in [0.15, 0.2) is 5.76 Å². The van der Waals surface area contributed by atoms with Crippen molar-refractivity contribution in [1.82, 2.24) is 4.90 Å². The van der Waals surface area contributed by atoms with Crippen LogP contribution in [0.4, 0.5) is 5.88 Å². The highest BCUT2D eigenvalue weighted by atomic mass is 16.6. The minimum absolute atomic E-state index is 0.0674. The van der Waals surface area contributed by atoms with Gasteiger partial charge in [0.1, 0.15) is 4.92 Å². The molecule has 2 rings (SSSR count). The highest BCUT2D eigenvalue weighted by Gasteiger charge is 2.33. The summed E-state index contributed by atoms with van der Waals surface area (Å²) in [6, 6.07) is 2.33. The van der Waals surface area contributed by atoms with Gasteiger partial charge >= 0.3 is 5.88 Å². The summed E-state index contributed by atoms with van der Waals surface area (Å²) in [6.45, 7) is 2.07. The standard InChI is InChI=1S/C12H15N3O5/c1-7-2-3-8(11(13)16)6-14(7)12(17)9-4-5-10(20-9)15(18)19/h4-5,7-8H,2-3,6H2,1H3,(H2,13,16)/t7-,8+/m1/s1. The van der Waals surface area contributed by atoms with Gasteiger partial charge in [0.2, 0.25) is 5.91 Å². The monoisotopic (exact) mass is 281 g/mol. The molecule has 0 bridgehead atoms. The van der Waals surface area contributed by atoms with Gasteiger partial charge in [-0.2, -0.15) is 0 Å². The van der Waals surface area contributed by atoms with Gasteiger partial charge in [0.25, 0.3) is 5.91 Å². The molecule has 20 heavy (non-hydrogen) atoms. The van der Waals surface area contributed by atoms with Crippen LogP contribution in [-0.2, 0) is 4.79 Å². The van der Waals surface area contributed by atoms with Crippen molar-refractivity contribution in [3.63, 3.8) is 0 Å². The normalized spacial score (nSPS) is 22.6. The molecule has 1 aliphatic rings. The van der Waals surface area contributed by atoms with Gasteiger partial charge in [-0.3, -0.25) is 19.7 Å². The number of hydrogen-bond donors (Lipinski definition) is 1. The van der Waals surface area contributed by atoms with E-state index < -0.39 is 22.6 Å². The Hall–Kier alpha value is -2.38. The van der Waals surface area contributed by atoms with E-state index in [1.807, 2.05) is 6.92 Å². The molecule has 0 unspecified atom stereocenters. The predicted octanol–water partition coefficient (Wildman–Crippen LogP) is 0.914. The Morgan fingerprint density at radius 3 is 2.70 bits per heavy atom. The summed E-state index contributed by atoms with van der Waals surface area (Å²) in [4.78, 5) is 34.8. The number of carbonyl (C=O) groups excluding carboxylic acids is 2. The predicted molar refractivity (Wildman–Crippen MR) is 67.8 cm³/mol. The third kappa shape index (κ3) is 2.63. The average molecular weight is 281 g/mol. The van der Waals surface area contributed by atoms with Crippen LogP contribution in [0.25, 0.3) is 0 Å². The Morgan fingerprint density at radius 1 is 1.45 bits per heavy atom. The molecule has 0 aliphatic carbocycles. The van der Waals surface area contributed by atoms with E-state index >= 15 is 0 Å². The number of rotatable bonds is 3. The largest absolute Gasteiger partial charge is 0.433 e. The molecule has 2 heterocycles.